The Balaban J connectivity index is 1.66. The summed E-state index contributed by atoms with van der Waals surface area (Å²) in [5, 5.41) is 4.76. The van der Waals surface area contributed by atoms with E-state index in [0.717, 1.165) is 38.7 Å². The zero-order valence-corrected chi connectivity index (χ0v) is 15.4. The zero-order valence-electron chi connectivity index (χ0n) is 14.6. The van der Waals surface area contributed by atoms with Crippen molar-refractivity contribution in [3.63, 3.8) is 0 Å². The SMILES string of the molecule is C=C/C(=C\C=C/C)c1cc2n(n1)Cc1ccc(-c3cncs3)cc1OC2. The molecular weight excluding hydrogens is 342 g/mol. The van der Waals surface area contributed by atoms with E-state index in [1.165, 1.54) is 0 Å². The fourth-order valence-electron chi connectivity index (χ4n) is 2.95. The summed E-state index contributed by atoms with van der Waals surface area (Å²) in [7, 11) is 0. The number of rotatable bonds is 4. The number of benzene rings is 1. The van der Waals surface area contributed by atoms with Crippen molar-refractivity contribution in [1.82, 2.24) is 14.8 Å². The van der Waals surface area contributed by atoms with Gasteiger partial charge in [-0.25, -0.2) is 0 Å². The zero-order chi connectivity index (χ0) is 17.9. The average molecular weight is 361 g/mol. The van der Waals surface area contributed by atoms with Crippen LogP contribution >= 0.6 is 11.3 Å². The molecule has 0 N–H and O–H groups in total. The van der Waals surface area contributed by atoms with E-state index < -0.39 is 0 Å². The summed E-state index contributed by atoms with van der Waals surface area (Å²) in [4.78, 5) is 5.30. The third kappa shape index (κ3) is 3.13. The van der Waals surface area contributed by atoms with Crippen LogP contribution in [0.2, 0.25) is 0 Å². The third-order valence-corrected chi connectivity index (χ3v) is 5.15. The molecule has 130 valence electrons. The van der Waals surface area contributed by atoms with E-state index in [-0.39, 0.29) is 0 Å². The van der Waals surface area contributed by atoms with Crippen LogP contribution in [0, 0.1) is 0 Å². The average Bonchev–Trinajstić information content (AvgIpc) is 3.29. The molecule has 2 aromatic heterocycles. The molecule has 4 rings (SSSR count). The summed E-state index contributed by atoms with van der Waals surface area (Å²) in [6, 6.07) is 8.40. The van der Waals surface area contributed by atoms with Gasteiger partial charge in [-0.15, -0.1) is 11.3 Å². The first kappa shape index (κ1) is 16.5. The van der Waals surface area contributed by atoms with Crippen molar-refractivity contribution in [2.75, 3.05) is 0 Å². The minimum absolute atomic E-state index is 0.500. The lowest BCUT2D eigenvalue weighted by Gasteiger charge is -2.08. The highest BCUT2D eigenvalue weighted by atomic mass is 32.1. The van der Waals surface area contributed by atoms with Crippen molar-refractivity contribution in [1.29, 1.82) is 0 Å². The molecule has 0 fully saturated rings. The van der Waals surface area contributed by atoms with Crippen molar-refractivity contribution >= 4 is 16.9 Å². The highest BCUT2D eigenvalue weighted by Crippen LogP contribution is 2.32. The Morgan fingerprint density at radius 1 is 1.35 bits per heavy atom. The van der Waals surface area contributed by atoms with Gasteiger partial charge in [0.15, 0.2) is 0 Å². The molecule has 0 amide bonds. The fraction of sp³-hybridized carbons (Fsp3) is 0.143. The Hall–Kier alpha value is -2.92. The molecule has 1 aliphatic rings. The smallest absolute Gasteiger partial charge is 0.130 e. The van der Waals surface area contributed by atoms with E-state index in [1.807, 2.05) is 47.6 Å². The summed E-state index contributed by atoms with van der Waals surface area (Å²) in [6.07, 6.45) is 9.72. The van der Waals surface area contributed by atoms with Crippen LogP contribution in [-0.4, -0.2) is 14.8 Å². The van der Waals surface area contributed by atoms with Gasteiger partial charge in [0.1, 0.15) is 12.4 Å². The topological polar surface area (TPSA) is 39.9 Å². The van der Waals surface area contributed by atoms with Gasteiger partial charge in [0.2, 0.25) is 0 Å². The largest absolute Gasteiger partial charge is 0.487 e. The Labute approximate surface area is 156 Å². The first-order chi connectivity index (χ1) is 12.8. The van der Waals surface area contributed by atoms with Crippen LogP contribution in [0.25, 0.3) is 16.0 Å². The predicted molar refractivity (Wildman–Crippen MR) is 106 cm³/mol. The number of hydrogen-bond acceptors (Lipinski definition) is 4. The molecule has 1 aromatic carbocycles. The molecule has 0 unspecified atom stereocenters. The number of hydrogen-bond donors (Lipinski definition) is 0. The molecule has 3 aromatic rings. The molecule has 0 atom stereocenters. The molecule has 1 aliphatic heterocycles. The third-order valence-electron chi connectivity index (χ3n) is 4.33. The molecule has 0 saturated heterocycles. The van der Waals surface area contributed by atoms with Gasteiger partial charge in [-0.1, -0.05) is 43.0 Å². The summed E-state index contributed by atoms with van der Waals surface area (Å²) in [6.45, 7) is 7.09. The Morgan fingerprint density at radius 3 is 3.04 bits per heavy atom. The number of nitrogens with zero attached hydrogens (tertiary/aromatic N) is 3. The van der Waals surface area contributed by atoms with Crippen LogP contribution in [0.15, 0.2) is 66.9 Å². The molecule has 26 heavy (non-hydrogen) atoms. The number of allylic oxidation sites excluding steroid dienone is 5. The van der Waals surface area contributed by atoms with Crippen LogP contribution in [-0.2, 0) is 13.2 Å². The molecular formula is C21H19N3OS. The van der Waals surface area contributed by atoms with Crippen LogP contribution in [0.4, 0.5) is 0 Å². The number of ether oxygens (including phenoxy) is 1. The van der Waals surface area contributed by atoms with E-state index in [2.05, 4.69) is 35.8 Å². The fourth-order valence-corrected chi connectivity index (χ4v) is 3.57. The Bertz CT molecular complexity index is 996. The van der Waals surface area contributed by atoms with Gasteiger partial charge in [-0.2, -0.15) is 5.10 Å². The standard InChI is InChI=1S/C21H19N3OS/c1-3-5-6-15(4-2)19-10-18-13-25-20-9-16(21-11-22-14-26-21)7-8-17(20)12-24(18)23-19/h3-11,14H,2,12-13H2,1H3/b5-3-,15-6+. The second-order valence-electron chi connectivity index (χ2n) is 6.01. The lowest BCUT2D eigenvalue weighted by atomic mass is 10.1. The maximum absolute atomic E-state index is 6.09. The molecule has 5 heteroatoms. The second kappa shape index (κ2) is 7.14. The molecule has 4 nitrogen and oxygen atoms in total. The van der Waals surface area contributed by atoms with Crippen molar-refractivity contribution in [3.05, 3.63) is 83.8 Å². The van der Waals surface area contributed by atoms with Gasteiger partial charge in [0, 0.05) is 17.3 Å². The van der Waals surface area contributed by atoms with Crippen molar-refractivity contribution < 1.29 is 4.74 Å². The van der Waals surface area contributed by atoms with E-state index >= 15 is 0 Å². The molecule has 0 aliphatic carbocycles. The maximum atomic E-state index is 6.09. The summed E-state index contributed by atoms with van der Waals surface area (Å²) in [5.41, 5.74) is 7.09. The van der Waals surface area contributed by atoms with Gasteiger partial charge in [-0.3, -0.25) is 9.67 Å². The van der Waals surface area contributed by atoms with Gasteiger partial charge >= 0.3 is 0 Å². The van der Waals surface area contributed by atoms with Crippen molar-refractivity contribution in [2.24, 2.45) is 0 Å². The second-order valence-corrected chi connectivity index (χ2v) is 6.89. The highest BCUT2D eigenvalue weighted by molar-refractivity contribution is 7.13. The predicted octanol–water partition coefficient (Wildman–Crippen LogP) is 5.09. The number of thiazole rings is 1. The lowest BCUT2D eigenvalue weighted by Crippen LogP contribution is -2.04. The highest BCUT2D eigenvalue weighted by Gasteiger charge is 2.18. The number of fused-ring (bicyclic) bond motifs is 2. The molecule has 0 radical (unpaired) electrons. The molecule has 0 spiro atoms. The van der Waals surface area contributed by atoms with Crippen molar-refractivity contribution in [2.45, 2.75) is 20.1 Å². The lowest BCUT2D eigenvalue weighted by molar-refractivity contribution is 0.302. The Morgan fingerprint density at radius 2 is 2.27 bits per heavy atom. The maximum Gasteiger partial charge on any atom is 0.130 e. The van der Waals surface area contributed by atoms with E-state index in [9.17, 15) is 0 Å². The van der Waals surface area contributed by atoms with Gasteiger partial charge in [0.05, 0.1) is 28.3 Å². The van der Waals surface area contributed by atoms with Crippen LogP contribution in [0.1, 0.15) is 23.9 Å². The van der Waals surface area contributed by atoms with E-state index in [1.54, 1.807) is 11.3 Å². The van der Waals surface area contributed by atoms with Crippen LogP contribution < -0.4 is 4.74 Å². The first-order valence-corrected chi connectivity index (χ1v) is 9.33. The summed E-state index contributed by atoms with van der Waals surface area (Å²) >= 11 is 1.63. The molecule has 0 saturated carbocycles. The summed E-state index contributed by atoms with van der Waals surface area (Å²) in [5.74, 6) is 0.913. The quantitative estimate of drug-likeness (QED) is 0.608. The van der Waals surface area contributed by atoms with Gasteiger partial charge in [-0.05, 0) is 24.6 Å². The minimum Gasteiger partial charge on any atom is -0.487 e. The normalized spacial score (nSPS) is 13.8. The monoisotopic (exact) mass is 361 g/mol. The van der Waals surface area contributed by atoms with Gasteiger partial charge < -0.3 is 4.74 Å². The first-order valence-electron chi connectivity index (χ1n) is 8.45. The molecule has 3 heterocycles. The van der Waals surface area contributed by atoms with Gasteiger partial charge in [0.25, 0.3) is 0 Å². The van der Waals surface area contributed by atoms with E-state index in [4.69, 9.17) is 9.84 Å². The number of aromatic nitrogens is 3. The van der Waals surface area contributed by atoms with Crippen molar-refractivity contribution in [3.8, 4) is 16.2 Å². The summed E-state index contributed by atoms with van der Waals surface area (Å²) < 4.78 is 8.10. The minimum atomic E-state index is 0.500. The van der Waals surface area contributed by atoms with Crippen LogP contribution in [0.5, 0.6) is 5.75 Å². The Kier molecular flexibility index (Phi) is 4.54. The van der Waals surface area contributed by atoms with Crippen LogP contribution in [0.3, 0.4) is 0 Å². The molecule has 0 bridgehead atoms. The van der Waals surface area contributed by atoms with E-state index in [0.29, 0.717) is 13.2 Å².